The van der Waals surface area contributed by atoms with Crippen LogP contribution >= 0.6 is 0 Å². The van der Waals surface area contributed by atoms with Crippen molar-refractivity contribution in [3.05, 3.63) is 0 Å². The van der Waals surface area contributed by atoms with Gasteiger partial charge in [0.15, 0.2) is 0 Å². The van der Waals surface area contributed by atoms with E-state index in [4.69, 9.17) is 0 Å². The minimum atomic E-state index is -0.721. The quantitative estimate of drug-likeness (QED) is 0.730. The summed E-state index contributed by atoms with van der Waals surface area (Å²) >= 11 is 0. The summed E-state index contributed by atoms with van der Waals surface area (Å²) in [5.41, 5.74) is -0.721. The van der Waals surface area contributed by atoms with Crippen molar-refractivity contribution >= 4 is 5.91 Å². The summed E-state index contributed by atoms with van der Waals surface area (Å²) in [6.07, 6.45) is 3.00. The number of carbonyl (C=O) groups excluding carboxylic acids is 1. The molecule has 1 aliphatic heterocycles. The van der Waals surface area contributed by atoms with E-state index < -0.39 is 5.60 Å². The first kappa shape index (κ1) is 13.5. The molecule has 0 aromatic heterocycles. The molecule has 94 valence electrons. The number of amides is 1. The van der Waals surface area contributed by atoms with E-state index in [9.17, 15) is 9.90 Å². The second-order valence-corrected chi connectivity index (χ2v) is 5.13. The summed E-state index contributed by atoms with van der Waals surface area (Å²) in [7, 11) is 0. The molecule has 16 heavy (non-hydrogen) atoms. The summed E-state index contributed by atoms with van der Waals surface area (Å²) in [6, 6.07) is 0.111. The molecule has 1 amide bonds. The van der Waals surface area contributed by atoms with Crippen molar-refractivity contribution in [2.24, 2.45) is 0 Å². The molecule has 4 heteroatoms. The van der Waals surface area contributed by atoms with Gasteiger partial charge in [-0.2, -0.15) is 0 Å². The summed E-state index contributed by atoms with van der Waals surface area (Å²) in [5.74, 6) is 0.0676. The highest BCUT2D eigenvalue weighted by Crippen LogP contribution is 2.26. The van der Waals surface area contributed by atoms with Gasteiger partial charge in [-0.15, -0.1) is 0 Å². The van der Waals surface area contributed by atoms with Gasteiger partial charge in [0.2, 0.25) is 5.91 Å². The maximum absolute atomic E-state index is 11.6. The topological polar surface area (TPSA) is 52.6 Å². The van der Waals surface area contributed by atoms with Crippen LogP contribution < -0.4 is 5.32 Å². The molecule has 1 heterocycles. The third-order valence-corrected chi connectivity index (χ3v) is 3.10. The highest BCUT2D eigenvalue weighted by atomic mass is 16.3. The van der Waals surface area contributed by atoms with Crippen molar-refractivity contribution in [3.63, 3.8) is 0 Å². The third-order valence-electron chi connectivity index (χ3n) is 3.10. The molecule has 4 nitrogen and oxygen atoms in total. The Hall–Kier alpha value is -0.610. The van der Waals surface area contributed by atoms with Gasteiger partial charge in [-0.25, -0.2) is 0 Å². The fourth-order valence-electron chi connectivity index (χ4n) is 2.32. The Morgan fingerprint density at radius 2 is 2.25 bits per heavy atom. The predicted molar refractivity (Wildman–Crippen MR) is 64.2 cm³/mol. The number of likely N-dealkylation sites (tertiary alicyclic amines) is 1. The Labute approximate surface area is 98.0 Å². The van der Waals surface area contributed by atoms with E-state index in [-0.39, 0.29) is 11.9 Å². The highest BCUT2D eigenvalue weighted by molar-refractivity contribution is 5.78. The van der Waals surface area contributed by atoms with Crippen LogP contribution in [0.1, 0.15) is 40.0 Å². The van der Waals surface area contributed by atoms with Crippen molar-refractivity contribution in [1.82, 2.24) is 10.2 Å². The largest absolute Gasteiger partial charge is 0.389 e. The molecule has 0 aromatic carbocycles. The fourth-order valence-corrected chi connectivity index (χ4v) is 2.32. The van der Waals surface area contributed by atoms with Crippen LogP contribution in [-0.2, 0) is 4.79 Å². The first-order valence-electron chi connectivity index (χ1n) is 6.18. The minimum absolute atomic E-state index is 0.0676. The Bertz CT molecular complexity index is 236. The molecule has 1 atom stereocenters. The van der Waals surface area contributed by atoms with Gasteiger partial charge in [0.05, 0.1) is 12.1 Å². The highest BCUT2D eigenvalue weighted by Gasteiger charge is 2.36. The summed E-state index contributed by atoms with van der Waals surface area (Å²) < 4.78 is 0. The van der Waals surface area contributed by atoms with Crippen LogP contribution in [0.5, 0.6) is 0 Å². The lowest BCUT2D eigenvalue weighted by molar-refractivity contribution is -0.123. The SMILES string of the molecule is CCCNC(=O)CN1CCCC1C(C)(C)O. The van der Waals surface area contributed by atoms with Gasteiger partial charge in [0.25, 0.3) is 0 Å². The minimum Gasteiger partial charge on any atom is -0.389 e. The van der Waals surface area contributed by atoms with Crippen LogP contribution in [0.25, 0.3) is 0 Å². The molecule has 0 aromatic rings. The van der Waals surface area contributed by atoms with Crippen LogP contribution in [0.2, 0.25) is 0 Å². The first-order valence-corrected chi connectivity index (χ1v) is 6.18. The molecule has 0 bridgehead atoms. The van der Waals surface area contributed by atoms with E-state index in [0.717, 1.165) is 32.4 Å². The lowest BCUT2D eigenvalue weighted by Gasteiger charge is -2.33. The number of hydrogen-bond donors (Lipinski definition) is 2. The summed E-state index contributed by atoms with van der Waals surface area (Å²) in [5, 5.41) is 12.9. The molecule has 1 fully saturated rings. The van der Waals surface area contributed by atoms with E-state index in [2.05, 4.69) is 10.2 Å². The zero-order chi connectivity index (χ0) is 12.2. The van der Waals surface area contributed by atoms with Gasteiger partial charge in [-0.3, -0.25) is 9.69 Å². The third kappa shape index (κ3) is 3.76. The zero-order valence-corrected chi connectivity index (χ0v) is 10.6. The second kappa shape index (κ2) is 5.64. The van der Waals surface area contributed by atoms with Crippen LogP contribution in [0.4, 0.5) is 0 Å². The fraction of sp³-hybridized carbons (Fsp3) is 0.917. The van der Waals surface area contributed by atoms with Gasteiger partial charge in [-0.05, 0) is 39.7 Å². The van der Waals surface area contributed by atoms with Crippen molar-refractivity contribution in [1.29, 1.82) is 0 Å². The average Bonchev–Trinajstić information content (AvgIpc) is 2.62. The van der Waals surface area contributed by atoms with Gasteiger partial charge < -0.3 is 10.4 Å². The Balaban J connectivity index is 2.44. The van der Waals surface area contributed by atoms with E-state index in [1.165, 1.54) is 0 Å². The molecular weight excluding hydrogens is 204 g/mol. The van der Waals surface area contributed by atoms with Gasteiger partial charge in [-0.1, -0.05) is 6.92 Å². The Morgan fingerprint density at radius 1 is 1.56 bits per heavy atom. The number of nitrogens with zero attached hydrogens (tertiary/aromatic N) is 1. The molecule has 1 rings (SSSR count). The molecule has 1 unspecified atom stereocenters. The second-order valence-electron chi connectivity index (χ2n) is 5.13. The van der Waals surface area contributed by atoms with Crippen molar-refractivity contribution in [2.75, 3.05) is 19.6 Å². The number of rotatable bonds is 5. The molecule has 1 aliphatic rings. The number of aliphatic hydroxyl groups is 1. The van der Waals surface area contributed by atoms with Gasteiger partial charge in [0, 0.05) is 12.6 Å². The number of nitrogens with one attached hydrogen (secondary N) is 1. The van der Waals surface area contributed by atoms with Gasteiger partial charge in [0.1, 0.15) is 0 Å². The van der Waals surface area contributed by atoms with Crippen LogP contribution in [0, 0.1) is 0 Å². The van der Waals surface area contributed by atoms with E-state index in [0.29, 0.717) is 6.54 Å². The van der Waals surface area contributed by atoms with Crippen molar-refractivity contribution in [3.8, 4) is 0 Å². The van der Waals surface area contributed by atoms with Crippen LogP contribution in [0.15, 0.2) is 0 Å². The summed E-state index contributed by atoms with van der Waals surface area (Å²) in [4.78, 5) is 13.7. The predicted octanol–water partition coefficient (Wildman–Crippen LogP) is 0.748. The molecule has 0 spiro atoms. The standard InChI is InChI=1S/C12H24N2O2/c1-4-7-13-11(15)9-14-8-5-6-10(14)12(2,3)16/h10,16H,4-9H2,1-3H3,(H,13,15). The van der Waals surface area contributed by atoms with Crippen molar-refractivity contribution < 1.29 is 9.90 Å². The lowest BCUT2D eigenvalue weighted by atomic mass is 9.97. The Morgan fingerprint density at radius 3 is 2.81 bits per heavy atom. The molecular formula is C12H24N2O2. The number of hydrogen-bond acceptors (Lipinski definition) is 3. The first-order chi connectivity index (χ1) is 7.45. The van der Waals surface area contributed by atoms with Crippen LogP contribution in [0.3, 0.4) is 0 Å². The zero-order valence-electron chi connectivity index (χ0n) is 10.6. The maximum Gasteiger partial charge on any atom is 0.234 e. The van der Waals surface area contributed by atoms with Crippen molar-refractivity contribution in [2.45, 2.75) is 51.7 Å². The lowest BCUT2D eigenvalue weighted by Crippen LogP contribution is -2.49. The van der Waals surface area contributed by atoms with E-state index >= 15 is 0 Å². The maximum atomic E-state index is 11.6. The smallest absolute Gasteiger partial charge is 0.234 e. The van der Waals surface area contributed by atoms with E-state index in [1.807, 2.05) is 20.8 Å². The Kier molecular flexibility index (Phi) is 4.74. The molecule has 0 radical (unpaired) electrons. The summed E-state index contributed by atoms with van der Waals surface area (Å²) in [6.45, 7) is 7.73. The van der Waals surface area contributed by atoms with Crippen LogP contribution in [-0.4, -0.2) is 47.2 Å². The average molecular weight is 228 g/mol. The van der Waals surface area contributed by atoms with E-state index in [1.54, 1.807) is 0 Å². The molecule has 2 N–H and O–H groups in total. The molecule has 0 saturated carbocycles. The number of carbonyl (C=O) groups is 1. The normalized spacial score (nSPS) is 22.4. The molecule has 1 saturated heterocycles. The monoisotopic (exact) mass is 228 g/mol. The van der Waals surface area contributed by atoms with Gasteiger partial charge >= 0.3 is 0 Å². The molecule has 0 aliphatic carbocycles.